The van der Waals surface area contributed by atoms with Gasteiger partial charge in [-0.15, -0.1) is 0 Å². The first-order chi connectivity index (χ1) is 15.1. The highest BCUT2D eigenvalue weighted by molar-refractivity contribution is 6.30. The van der Waals surface area contributed by atoms with E-state index in [2.05, 4.69) is 26.1 Å². The van der Waals surface area contributed by atoms with Crippen LogP contribution in [0.5, 0.6) is 11.5 Å². The topological polar surface area (TPSA) is 108 Å². The summed E-state index contributed by atoms with van der Waals surface area (Å²) in [6.45, 7) is 0.364. The molecule has 1 saturated heterocycles. The molecule has 31 heavy (non-hydrogen) atoms. The van der Waals surface area contributed by atoms with Gasteiger partial charge < -0.3 is 15.0 Å². The number of nitrogens with one attached hydrogen (secondary N) is 3. The van der Waals surface area contributed by atoms with Gasteiger partial charge in [-0.25, -0.2) is 20.2 Å². The molecule has 3 aromatic rings. The molecule has 0 radical (unpaired) electrons. The number of carbonyl (C=O) groups is 2. The molecule has 0 spiro atoms. The van der Waals surface area contributed by atoms with Crippen molar-refractivity contribution in [1.82, 2.24) is 20.7 Å². The van der Waals surface area contributed by atoms with E-state index in [-0.39, 0.29) is 24.3 Å². The fraction of sp³-hybridized carbons (Fsp3) is 0.143. The highest BCUT2D eigenvalue weighted by Crippen LogP contribution is 2.26. The average molecular weight is 439 g/mol. The monoisotopic (exact) mass is 438 g/mol. The number of halogens is 1. The van der Waals surface area contributed by atoms with Gasteiger partial charge in [0, 0.05) is 18.7 Å². The van der Waals surface area contributed by atoms with Crippen LogP contribution < -0.4 is 25.8 Å². The van der Waals surface area contributed by atoms with Crippen molar-refractivity contribution in [2.45, 2.75) is 12.5 Å². The summed E-state index contributed by atoms with van der Waals surface area (Å²) in [6.07, 6.45) is 3.01. The third kappa shape index (κ3) is 5.40. The number of amides is 3. The molecule has 1 unspecified atom stereocenters. The number of rotatable bonds is 6. The van der Waals surface area contributed by atoms with Crippen LogP contribution in [0.2, 0.25) is 5.02 Å². The number of para-hydroxylation sites is 1. The first-order valence-corrected chi connectivity index (χ1v) is 9.88. The van der Waals surface area contributed by atoms with Crippen LogP contribution in [0.15, 0.2) is 67.0 Å². The summed E-state index contributed by atoms with van der Waals surface area (Å²) in [5.74, 6) is 1.53. The van der Waals surface area contributed by atoms with E-state index in [0.29, 0.717) is 17.3 Å². The first kappa shape index (κ1) is 20.4. The second-order valence-corrected chi connectivity index (χ2v) is 7.20. The molecule has 2 aromatic carbocycles. The number of urea groups is 1. The lowest BCUT2D eigenvalue weighted by Crippen LogP contribution is -2.45. The average Bonchev–Trinajstić information content (AvgIpc) is 3.14. The van der Waals surface area contributed by atoms with Crippen molar-refractivity contribution in [2.75, 3.05) is 16.9 Å². The molecule has 0 bridgehead atoms. The molecule has 3 N–H and O–H groups in total. The molecule has 9 nitrogen and oxygen atoms in total. The zero-order valence-corrected chi connectivity index (χ0v) is 17.0. The third-order valence-electron chi connectivity index (χ3n) is 4.50. The Morgan fingerprint density at radius 1 is 1.03 bits per heavy atom. The second kappa shape index (κ2) is 9.31. The molecule has 4 rings (SSSR count). The Morgan fingerprint density at radius 3 is 2.42 bits per heavy atom. The van der Waals surface area contributed by atoms with Gasteiger partial charge in [-0.2, -0.15) is 0 Å². The number of nitrogens with zero attached hydrogens (tertiary/aromatic N) is 3. The predicted molar refractivity (Wildman–Crippen MR) is 116 cm³/mol. The molecular formula is C21H19ClN6O3. The maximum atomic E-state index is 12.4. The van der Waals surface area contributed by atoms with Gasteiger partial charge in [-0.3, -0.25) is 10.2 Å². The Balaban J connectivity index is 1.29. The van der Waals surface area contributed by atoms with Crippen LogP contribution in [0.25, 0.3) is 0 Å². The van der Waals surface area contributed by atoms with Gasteiger partial charge in [0.15, 0.2) is 0 Å². The van der Waals surface area contributed by atoms with Gasteiger partial charge in [-0.05, 0) is 36.4 Å². The van der Waals surface area contributed by atoms with Crippen LogP contribution in [0.3, 0.4) is 0 Å². The summed E-state index contributed by atoms with van der Waals surface area (Å²) in [5.41, 5.74) is 5.74. The van der Waals surface area contributed by atoms with E-state index in [1.807, 2.05) is 42.5 Å². The molecular weight excluding hydrogens is 420 g/mol. The molecule has 1 fully saturated rings. The van der Waals surface area contributed by atoms with E-state index < -0.39 is 6.03 Å². The van der Waals surface area contributed by atoms with Crippen molar-refractivity contribution in [3.05, 3.63) is 72.0 Å². The summed E-state index contributed by atoms with van der Waals surface area (Å²) >= 11 is 5.71. The zero-order valence-electron chi connectivity index (χ0n) is 16.3. The van der Waals surface area contributed by atoms with Gasteiger partial charge in [-0.1, -0.05) is 29.8 Å². The molecule has 1 aliphatic rings. The van der Waals surface area contributed by atoms with E-state index in [4.69, 9.17) is 16.3 Å². The van der Waals surface area contributed by atoms with E-state index in [0.717, 1.165) is 11.4 Å². The molecule has 0 saturated carbocycles. The van der Waals surface area contributed by atoms with E-state index in [1.165, 1.54) is 12.4 Å². The van der Waals surface area contributed by atoms with E-state index >= 15 is 0 Å². The number of hydrogen-bond donors (Lipinski definition) is 3. The van der Waals surface area contributed by atoms with Crippen molar-refractivity contribution in [2.24, 2.45) is 0 Å². The van der Waals surface area contributed by atoms with Crippen molar-refractivity contribution in [3.8, 4) is 11.5 Å². The van der Waals surface area contributed by atoms with Crippen molar-refractivity contribution in [1.29, 1.82) is 0 Å². The number of anilines is 2. The molecule has 1 aliphatic heterocycles. The van der Waals surface area contributed by atoms with E-state index in [1.54, 1.807) is 17.0 Å². The summed E-state index contributed by atoms with van der Waals surface area (Å²) in [6, 6.07) is 15.9. The molecule has 158 valence electrons. The van der Waals surface area contributed by atoms with Gasteiger partial charge in [0.25, 0.3) is 0 Å². The standard InChI is InChI=1S/C21H19ClN6O3/c22-14-11-23-20(24-12-14)26-27-21(30)25-15-10-19(29)28(13-15)16-6-8-18(9-7-16)31-17-4-2-1-3-5-17/h1-9,11-12,15H,10,13H2,(H,23,24,26)(H2,25,27,30). The molecule has 3 amide bonds. The number of aromatic nitrogens is 2. The molecule has 10 heteroatoms. The SMILES string of the molecule is O=C(NNc1ncc(Cl)cn1)NC1CC(=O)N(c2ccc(Oc3ccccc3)cc2)C1. The van der Waals surface area contributed by atoms with Crippen LogP contribution in [0, 0.1) is 0 Å². The van der Waals surface area contributed by atoms with Crippen molar-refractivity contribution >= 4 is 35.2 Å². The second-order valence-electron chi connectivity index (χ2n) is 6.76. The third-order valence-corrected chi connectivity index (χ3v) is 4.69. The number of hydrazine groups is 1. The molecule has 1 atom stereocenters. The maximum absolute atomic E-state index is 12.4. The highest BCUT2D eigenvalue weighted by Gasteiger charge is 2.31. The van der Waals surface area contributed by atoms with Gasteiger partial charge in [0.2, 0.25) is 11.9 Å². The van der Waals surface area contributed by atoms with Gasteiger partial charge in [0.1, 0.15) is 11.5 Å². The van der Waals surface area contributed by atoms with Crippen LogP contribution in [0.4, 0.5) is 16.4 Å². The van der Waals surface area contributed by atoms with Crippen LogP contribution in [-0.4, -0.2) is 34.5 Å². The number of hydrogen-bond acceptors (Lipinski definition) is 6. The molecule has 1 aromatic heterocycles. The van der Waals surface area contributed by atoms with Crippen LogP contribution in [0.1, 0.15) is 6.42 Å². The van der Waals surface area contributed by atoms with Crippen LogP contribution >= 0.6 is 11.6 Å². The van der Waals surface area contributed by atoms with Crippen LogP contribution in [-0.2, 0) is 4.79 Å². The Kier molecular flexibility index (Phi) is 6.13. The summed E-state index contributed by atoms with van der Waals surface area (Å²) < 4.78 is 5.77. The van der Waals surface area contributed by atoms with Gasteiger partial charge in [0.05, 0.1) is 23.5 Å². The minimum atomic E-state index is -0.496. The van der Waals surface area contributed by atoms with Crippen molar-refractivity contribution < 1.29 is 14.3 Å². The predicted octanol–water partition coefficient (Wildman–Crippen LogP) is 3.35. The van der Waals surface area contributed by atoms with Crippen molar-refractivity contribution in [3.63, 3.8) is 0 Å². The Hall–Kier alpha value is -3.85. The minimum absolute atomic E-state index is 0.0731. The fourth-order valence-electron chi connectivity index (χ4n) is 3.08. The Labute approximate surface area is 183 Å². The fourth-order valence-corrected chi connectivity index (χ4v) is 3.18. The lowest BCUT2D eigenvalue weighted by molar-refractivity contribution is -0.117. The summed E-state index contributed by atoms with van der Waals surface area (Å²) in [4.78, 5) is 34.0. The first-order valence-electron chi connectivity index (χ1n) is 9.50. The summed E-state index contributed by atoms with van der Waals surface area (Å²) in [7, 11) is 0. The summed E-state index contributed by atoms with van der Waals surface area (Å²) in [5, 5.41) is 3.14. The molecule has 2 heterocycles. The van der Waals surface area contributed by atoms with Gasteiger partial charge >= 0.3 is 6.03 Å². The minimum Gasteiger partial charge on any atom is -0.457 e. The van der Waals surface area contributed by atoms with E-state index in [9.17, 15) is 9.59 Å². The number of benzene rings is 2. The quantitative estimate of drug-likeness (QED) is 0.509. The Morgan fingerprint density at radius 2 is 1.71 bits per heavy atom. The lowest BCUT2D eigenvalue weighted by atomic mass is 10.2. The zero-order chi connectivity index (χ0) is 21.6. The molecule has 0 aliphatic carbocycles. The maximum Gasteiger partial charge on any atom is 0.333 e. The number of ether oxygens (including phenoxy) is 1. The Bertz CT molecular complexity index is 1050. The number of carbonyl (C=O) groups excluding carboxylic acids is 2. The smallest absolute Gasteiger partial charge is 0.333 e. The largest absolute Gasteiger partial charge is 0.457 e. The highest BCUT2D eigenvalue weighted by atomic mass is 35.5. The lowest BCUT2D eigenvalue weighted by Gasteiger charge is -2.18. The normalized spacial score (nSPS) is 15.5.